The van der Waals surface area contributed by atoms with Crippen molar-refractivity contribution in [1.29, 1.82) is 0 Å². The van der Waals surface area contributed by atoms with Gasteiger partial charge in [-0.1, -0.05) is 18.2 Å². The molecule has 1 saturated heterocycles. The van der Waals surface area contributed by atoms with Crippen molar-refractivity contribution in [2.45, 2.75) is 32.9 Å². The van der Waals surface area contributed by atoms with E-state index in [0.29, 0.717) is 12.1 Å². The first kappa shape index (κ1) is 15.3. The fourth-order valence-corrected chi connectivity index (χ4v) is 3.25. The van der Waals surface area contributed by atoms with Crippen LogP contribution >= 0.6 is 0 Å². The monoisotopic (exact) mass is 299 g/mol. The Bertz CT molecular complexity index is 643. The van der Waals surface area contributed by atoms with Crippen LogP contribution in [0.3, 0.4) is 0 Å². The highest BCUT2D eigenvalue weighted by molar-refractivity contribution is 5.92. The van der Waals surface area contributed by atoms with E-state index in [2.05, 4.69) is 60.2 Å². The smallest absolute Gasteiger partial charge is 0.0751 e. The van der Waals surface area contributed by atoms with Gasteiger partial charge >= 0.3 is 0 Å². The van der Waals surface area contributed by atoms with E-state index in [0.717, 1.165) is 31.8 Å². The lowest BCUT2D eigenvalue weighted by Gasteiger charge is -2.38. The molecule has 1 aliphatic heterocycles. The summed E-state index contributed by atoms with van der Waals surface area (Å²) in [5, 5.41) is 4.81. The molecule has 22 heavy (non-hydrogen) atoms. The van der Waals surface area contributed by atoms with E-state index in [-0.39, 0.29) is 0 Å². The summed E-state index contributed by atoms with van der Waals surface area (Å²) in [6, 6.07) is 9.38. The molecule has 1 N–H and O–H groups in total. The summed E-state index contributed by atoms with van der Waals surface area (Å²) < 4.78 is 5.53. The van der Waals surface area contributed by atoms with Gasteiger partial charge in [-0.3, -0.25) is 9.88 Å². The molecular weight excluding hydrogens is 274 g/mol. The summed E-state index contributed by atoms with van der Waals surface area (Å²) in [6.45, 7) is 10.2. The van der Waals surface area contributed by atoms with Gasteiger partial charge in [-0.25, -0.2) is 0 Å². The Hall–Kier alpha value is -1.65. The Balaban J connectivity index is 1.72. The summed E-state index contributed by atoms with van der Waals surface area (Å²) in [6.07, 6.45) is 1.89. The van der Waals surface area contributed by atoms with Gasteiger partial charge in [0.15, 0.2) is 0 Å². The number of morpholine rings is 1. The van der Waals surface area contributed by atoms with E-state index in [1.165, 1.54) is 16.6 Å². The van der Waals surface area contributed by atoms with Gasteiger partial charge in [0.05, 0.1) is 18.7 Å². The molecule has 0 radical (unpaired) electrons. The molecule has 1 aromatic heterocycles. The molecule has 118 valence electrons. The SMILES string of the molecule is Cc1cccc2c(NCC(C)N3CCOCC3C)ccnc12. The number of ether oxygens (including phenoxy) is 1. The average molecular weight is 299 g/mol. The second-order valence-corrected chi connectivity index (χ2v) is 6.22. The topological polar surface area (TPSA) is 37.4 Å². The molecule has 1 fully saturated rings. The maximum absolute atomic E-state index is 5.53. The van der Waals surface area contributed by atoms with Crippen LogP contribution in [0.5, 0.6) is 0 Å². The third-order valence-electron chi connectivity index (χ3n) is 4.55. The first-order valence-corrected chi connectivity index (χ1v) is 8.08. The number of aryl methyl sites for hydroxylation is 1. The van der Waals surface area contributed by atoms with Gasteiger partial charge in [0.25, 0.3) is 0 Å². The quantitative estimate of drug-likeness (QED) is 0.941. The number of anilines is 1. The van der Waals surface area contributed by atoms with Crippen LogP contribution in [0.2, 0.25) is 0 Å². The molecule has 3 rings (SSSR count). The normalized spacial score (nSPS) is 21.0. The van der Waals surface area contributed by atoms with Crippen molar-refractivity contribution in [1.82, 2.24) is 9.88 Å². The van der Waals surface area contributed by atoms with Crippen molar-refractivity contribution in [3.05, 3.63) is 36.0 Å². The predicted molar refractivity (Wildman–Crippen MR) is 91.4 cm³/mol. The van der Waals surface area contributed by atoms with Crippen LogP contribution in [-0.2, 0) is 4.74 Å². The molecule has 2 aromatic rings. The van der Waals surface area contributed by atoms with Crippen molar-refractivity contribution in [3.63, 3.8) is 0 Å². The van der Waals surface area contributed by atoms with Gasteiger partial charge in [0, 0.05) is 42.4 Å². The van der Waals surface area contributed by atoms with Gasteiger partial charge in [-0.2, -0.15) is 0 Å². The summed E-state index contributed by atoms with van der Waals surface area (Å²) in [5.74, 6) is 0. The number of rotatable bonds is 4. The number of para-hydroxylation sites is 1. The molecule has 2 unspecified atom stereocenters. The van der Waals surface area contributed by atoms with E-state index in [9.17, 15) is 0 Å². The van der Waals surface area contributed by atoms with Crippen molar-refractivity contribution in [2.24, 2.45) is 0 Å². The van der Waals surface area contributed by atoms with Crippen molar-refractivity contribution < 1.29 is 4.74 Å². The lowest BCUT2D eigenvalue weighted by molar-refractivity contribution is -0.0159. The molecule has 0 amide bonds. The number of benzene rings is 1. The molecule has 0 saturated carbocycles. The molecule has 0 spiro atoms. The average Bonchev–Trinajstić information content (AvgIpc) is 2.53. The van der Waals surface area contributed by atoms with E-state index in [1.54, 1.807) is 0 Å². The first-order valence-electron chi connectivity index (χ1n) is 8.08. The van der Waals surface area contributed by atoms with Crippen LogP contribution in [-0.4, -0.2) is 48.3 Å². The summed E-state index contributed by atoms with van der Waals surface area (Å²) in [7, 11) is 0. The van der Waals surface area contributed by atoms with E-state index in [4.69, 9.17) is 4.74 Å². The van der Waals surface area contributed by atoms with Crippen LogP contribution in [0, 0.1) is 6.92 Å². The van der Waals surface area contributed by atoms with E-state index in [1.807, 2.05) is 6.20 Å². The molecule has 1 aliphatic rings. The first-order chi connectivity index (χ1) is 10.7. The molecule has 1 aromatic carbocycles. The molecule has 0 aliphatic carbocycles. The molecule has 2 heterocycles. The fourth-order valence-electron chi connectivity index (χ4n) is 3.25. The van der Waals surface area contributed by atoms with Gasteiger partial charge in [-0.05, 0) is 32.4 Å². The van der Waals surface area contributed by atoms with Crippen LogP contribution < -0.4 is 5.32 Å². The second-order valence-electron chi connectivity index (χ2n) is 6.22. The van der Waals surface area contributed by atoms with Crippen LogP contribution in [0.15, 0.2) is 30.5 Å². The zero-order valence-corrected chi connectivity index (χ0v) is 13.7. The number of fused-ring (bicyclic) bond motifs is 1. The van der Waals surface area contributed by atoms with E-state index < -0.39 is 0 Å². The van der Waals surface area contributed by atoms with Crippen LogP contribution in [0.1, 0.15) is 19.4 Å². The fraction of sp³-hybridized carbons (Fsp3) is 0.500. The Labute approximate surface area is 132 Å². The Morgan fingerprint density at radius 3 is 3.09 bits per heavy atom. The summed E-state index contributed by atoms with van der Waals surface area (Å²) in [5.41, 5.74) is 3.47. The minimum absolute atomic E-state index is 0.479. The lowest BCUT2D eigenvalue weighted by atomic mass is 10.1. The van der Waals surface area contributed by atoms with Crippen LogP contribution in [0.4, 0.5) is 5.69 Å². The highest BCUT2D eigenvalue weighted by Gasteiger charge is 2.23. The maximum Gasteiger partial charge on any atom is 0.0751 e. The van der Waals surface area contributed by atoms with Crippen molar-refractivity contribution >= 4 is 16.6 Å². The standard InChI is InChI=1S/C18H25N3O/c1-13-5-4-6-16-17(7-8-19-18(13)16)20-11-14(2)21-9-10-22-12-15(21)3/h4-8,14-15H,9-12H2,1-3H3,(H,19,20). The molecule has 4 nitrogen and oxygen atoms in total. The van der Waals surface area contributed by atoms with Gasteiger partial charge in [0.1, 0.15) is 0 Å². The number of aromatic nitrogens is 1. The second kappa shape index (κ2) is 6.63. The number of pyridine rings is 1. The lowest BCUT2D eigenvalue weighted by Crippen LogP contribution is -2.50. The molecular formula is C18H25N3O. The van der Waals surface area contributed by atoms with E-state index >= 15 is 0 Å². The van der Waals surface area contributed by atoms with Crippen molar-refractivity contribution in [2.75, 3.05) is 31.6 Å². The minimum Gasteiger partial charge on any atom is -0.383 e. The Morgan fingerprint density at radius 2 is 2.27 bits per heavy atom. The largest absolute Gasteiger partial charge is 0.383 e. The number of hydrogen-bond acceptors (Lipinski definition) is 4. The van der Waals surface area contributed by atoms with Crippen LogP contribution in [0.25, 0.3) is 10.9 Å². The zero-order valence-electron chi connectivity index (χ0n) is 13.7. The molecule has 4 heteroatoms. The number of nitrogens with zero attached hydrogens (tertiary/aromatic N) is 2. The maximum atomic E-state index is 5.53. The summed E-state index contributed by atoms with van der Waals surface area (Å²) in [4.78, 5) is 7.02. The third kappa shape index (κ3) is 3.08. The van der Waals surface area contributed by atoms with Crippen molar-refractivity contribution in [3.8, 4) is 0 Å². The Kier molecular flexibility index (Phi) is 4.60. The van der Waals surface area contributed by atoms with Gasteiger partial charge < -0.3 is 10.1 Å². The molecule has 0 bridgehead atoms. The highest BCUT2D eigenvalue weighted by atomic mass is 16.5. The predicted octanol–water partition coefficient (Wildman–Crippen LogP) is 3.06. The zero-order chi connectivity index (χ0) is 15.5. The summed E-state index contributed by atoms with van der Waals surface area (Å²) >= 11 is 0. The minimum atomic E-state index is 0.479. The Morgan fingerprint density at radius 1 is 1.41 bits per heavy atom. The third-order valence-corrected chi connectivity index (χ3v) is 4.55. The van der Waals surface area contributed by atoms with Gasteiger partial charge in [0.2, 0.25) is 0 Å². The highest BCUT2D eigenvalue weighted by Crippen LogP contribution is 2.24. The number of nitrogens with one attached hydrogen (secondary N) is 1. The van der Waals surface area contributed by atoms with Gasteiger partial charge in [-0.15, -0.1) is 0 Å². The number of hydrogen-bond donors (Lipinski definition) is 1. The molecule has 2 atom stereocenters.